The molecule has 21 heavy (non-hydrogen) atoms. The Balaban J connectivity index is 2.15. The molecule has 1 aromatic carbocycles. The number of carbonyl (C=O) groups excluding carboxylic acids is 1. The number of aromatic nitrogens is 3. The van der Waals surface area contributed by atoms with Crippen LogP contribution in [0.15, 0.2) is 24.5 Å². The molecular formula is C14H13FN4O2. The Morgan fingerprint density at radius 2 is 2.33 bits per heavy atom. The summed E-state index contributed by atoms with van der Waals surface area (Å²) in [5.74, 6) is 4.41. The van der Waals surface area contributed by atoms with E-state index in [9.17, 15) is 9.18 Å². The number of nitrogens with zero attached hydrogens (tertiary/aromatic N) is 3. The van der Waals surface area contributed by atoms with Crippen molar-refractivity contribution in [2.24, 2.45) is 7.05 Å². The highest BCUT2D eigenvalue weighted by molar-refractivity contribution is 6.03. The van der Waals surface area contributed by atoms with Crippen molar-refractivity contribution in [2.75, 3.05) is 11.9 Å². The molecule has 0 fully saturated rings. The molecule has 108 valence electrons. The normalized spacial score (nSPS) is 9.86. The van der Waals surface area contributed by atoms with Crippen LogP contribution in [0.4, 0.5) is 10.3 Å². The molecule has 2 rings (SSSR count). The fraction of sp³-hybridized carbons (Fsp3) is 0.214. The number of rotatable bonds is 3. The van der Waals surface area contributed by atoms with Crippen molar-refractivity contribution in [1.29, 1.82) is 0 Å². The molecule has 0 unspecified atom stereocenters. The van der Waals surface area contributed by atoms with Crippen LogP contribution in [0, 0.1) is 17.7 Å². The second-order valence-corrected chi connectivity index (χ2v) is 4.13. The van der Waals surface area contributed by atoms with Crippen LogP contribution in [-0.2, 0) is 7.05 Å². The molecular weight excluding hydrogens is 275 g/mol. The lowest BCUT2D eigenvalue weighted by Crippen LogP contribution is -2.15. The standard InChI is InChI=1S/C14H13FN4O2/c1-19-14(16-9-17-19)18-13(21)11-6-5-10(12(15)8-11)4-2-3-7-20/h5-6,8-9,20H,3,7H2,1H3,(H,16,17,18,21). The van der Waals surface area contributed by atoms with E-state index < -0.39 is 11.7 Å². The summed E-state index contributed by atoms with van der Waals surface area (Å²) in [6, 6.07) is 4.00. The van der Waals surface area contributed by atoms with E-state index in [1.54, 1.807) is 7.05 Å². The molecule has 0 aliphatic rings. The number of amides is 1. The van der Waals surface area contributed by atoms with Gasteiger partial charge in [0, 0.05) is 19.0 Å². The van der Waals surface area contributed by atoms with E-state index >= 15 is 0 Å². The third-order valence-corrected chi connectivity index (χ3v) is 2.63. The SMILES string of the molecule is Cn1ncnc1NC(=O)c1ccc(C#CCCO)c(F)c1. The molecule has 0 radical (unpaired) electrons. The Kier molecular flexibility index (Phi) is 4.64. The number of aliphatic hydroxyl groups excluding tert-OH is 1. The minimum atomic E-state index is -0.592. The Bertz CT molecular complexity index is 715. The Morgan fingerprint density at radius 3 is 2.95 bits per heavy atom. The summed E-state index contributed by atoms with van der Waals surface area (Å²) in [6.45, 7) is -0.0766. The third-order valence-electron chi connectivity index (χ3n) is 2.63. The van der Waals surface area contributed by atoms with Gasteiger partial charge in [-0.05, 0) is 18.2 Å². The van der Waals surface area contributed by atoms with Crippen LogP contribution in [0.5, 0.6) is 0 Å². The van der Waals surface area contributed by atoms with Crippen molar-refractivity contribution < 1.29 is 14.3 Å². The summed E-state index contributed by atoms with van der Waals surface area (Å²) in [5, 5.41) is 14.9. The zero-order valence-corrected chi connectivity index (χ0v) is 11.3. The van der Waals surface area contributed by atoms with E-state index in [0.717, 1.165) is 6.07 Å². The molecule has 2 aromatic rings. The first-order valence-corrected chi connectivity index (χ1v) is 6.16. The van der Waals surface area contributed by atoms with Crippen molar-refractivity contribution in [2.45, 2.75) is 6.42 Å². The topological polar surface area (TPSA) is 80.0 Å². The van der Waals surface area contributed by atoms with E-state index in [0.29, 0.717) is 0 Å². The monoisotopic (exact) mass is 288 g/mol. The number of aliphatic hydroxyl groups is 1. The van der Waals surface area contributed by atoms with Gasteiger partial charge in [-0.2, -0.15) is 10.1 Å². The Morgan fingerprint density at radius 1 is 1.52 bits per heavy atom. The maximum absolute atomic E-state index is 13.8. The number of halogens is 1. The highest BCUT2D eigenvalue weighted by Gasteiger charge is 2.11. The second kappa shape index (κ2) is 6.63. The quantitative estimate of drug-likeness (QED) is 0.824. The van der Waals surface area contributed by atoms with Gasteiger partial charge < -0.3 is 5.11 Å². The fourth-order valence-electron chi connectivity index (χ4n) is 1.55. The van der Waals surface area contributed by atoms with Crippen LogP contribution < -0.4 is 5.32 Å². The van der Waals surface area contributed by atoms with Gasteiger partial charge in [0.15, 0.2) is 0 Å². The van der Waals surface area contributed by atoms with E-state index in [1.807, 2.05) is 0 Å². The van der Waals surface area contributed by atoms with Gasteiger partial charge in [-0.15, -0.1) is 0 Å². The predicted octanol–water partition coefficient (Wildman–Crippen LogP) is 0.940. The maximum atomic E-state index is 13.8. The molecule has 7 heteroatoms. The van der Waals surface area contributed by atoms with Gasteiger partial charge in [0.1, 0.15) is 12.1 Å². The molecule has 2 N–H and O–H groups in total. The van der Waals surface area contributed by atoms with Crippen LogP contribution in [-0.4, -0.2) is 32.4 Å². The lowest BCUT2D eigenvalue weighted by atomic mass is 10.1. The van der Waals surface area contributed by atoms with Gasteiger partial charge in [-0.3, -0.25) is 10.1 Å². The number of aryl methyl sites for hydroxylation is 1. The predicted molar refractivity (Wildman–Crippen MR) is 73.9 cm³/mol. The first kappa shape index (κ1) is 14.7. The van der Waals surface area contributed by atoms with Gasteiger partial charge in [0.2, 0.25) is 5.95 Å². The van der Waals surface area contributed by atoms with Crippen LogP contribution in [0.2, 0.25) is 0 Å². The smallest absolute Gasteiger partial charge is 0.258 e. The molecule has 1 amide bonds. The average molecular weight is 288 g/mol. The highest BCUT2D eigenvalue weighted by atomic mass is 19.1. The summed E-state index contributed by atoms with van der Waals surface area (Å²) >= 11 is 0. The molecule has 0 saturated carbocycles. The molecule has 1 aromatic heterocycles. The van der Waals surface area contributed by atoms with E-state index in [2.05, 4.69) is 27.2 Å². The first-order valence-electron chi connectivity index (χ1n) is 6.16. The minimum absolute atomic E-state index is 0.0766. The third kappa shape index (κ3) is 3.64. The number of nitrogens with one attached hydrogen (secondary N) is 1. The molecule has 0 aliphatic heterocycles. The van der Waals surface area contributed by atoms with Crippen LogP contribution in [0.1, 0.15) is 22.3 Å². The summed E-state index contributed by atoms with van der Waals surface area (Å²) in [7, 11) is 1.63. The van der Waals surface area contributed by atoms with Crippen LogP contribution in [0.25, 0.3) is 0 Å². The lowest BCUT2D eigenvalue weighted by Gasteiger charge is -2.04. The molecule has 0 spiro atoms. The number of carbonyl (C=O) groups is 1. The molecule has 1 heterocycles. The van der Waals surface area contributed by atoms with Crippen LogP contribution in [0.3, 0.4) is 0 Å². The second-order valence-electron chi connectivity index (χ2n) is 4.13. The zero-order chi connectivity index (χ0) is 15.2. The zero-order valence-electron chi connectivity index (χ0n) is 11.3. The molecule has 6 nitrogen and oxygen atoms in total. The molecule has 0 aliphatic carbocycles. The van der Waals surface area contributed by atoms with Crippen LogP contribution >= 0.6 is 0 Å². The van der Waals surface area contributed by atoms with E-state index in [-0.39, 0.29) is 30.1 Å². The summed E-state index contributed by atoms with van der Waals surface area (Å²) in [6.07, 6.45) is 1.57. The maximum Gasteiger partial charge on any atom is 0.258 e. The van der Waals surface area contributed by atoms with Crippen molar-refractivity contribution in [3.8, 4) is 11.8 Å². The van der Waals surface area contributed by atoms with Gasteiger partial charge in [0.05, 0.1) is 12.2 Å². The minimum Gasteiger partial charge on any atom is -0.395 e. The van der Waals surface area contributed by atoms with Crippen molar-refractivity contribution >= 4 is 11.9 Å². The van der Waals surface area contributed by atoms with Gasteiger partial charge in [-0.1, -0.05) is 11.8 Å². The number of anilines is 1. The fourth-order valence-corrected chi connectivity index (χ4v) is 1.55. The molecule has 0 saturated heterocycles. The van der Waals surface area contributed by atoms with Gasteiger partial charge in [0.25, 0.3) is 5.91 Å². The van der Waals surface area contributed by atoms with Gasteiger partial charge >= 0.3 is 0 Å². The Labute approximate surface area is 120 Å². The van der Waals surface area contributed by atoms with E-state index in [1.165, 1.54) is 23.1 Å². The van der Waals surface area contributed by atoms with E-state index in [4.69, 9.17) is 5.11 Å². The van der Waals surface area contributed by atoms with Gasteiger partial charge in [-0.25, -0.2) is 9.07 Å². The van der Waals surface area contributed by atoms with Crippen molar-refractivity contribution in [3.05, 3.63) is 41.5 Å². The molecule has 0 bridgehead atoms. The average Bonchev–Trinajstić information content (AvgIpc) is 2.86. The number of benzene rings is 1. The first-order chi connectivity index (χ1) is 10.1. The summed E-state index contributed by atoms with van der Waals surface area (Å²) in [4.78, 5) is 15.8. The summed E-state index contributed by atoms with van der Waals surface area (Å²) in [5.41, 5.74) is 0.335. The number of hydrogen-bond acceptors (Lipinski definition) is 4. The summed E-state index contributed by atoms with van der Waals surface area (Å²) < 4.78 is 15.2. The lowest BCUT2D eigenvalue weighted by molar-refractivity contribution is 0.102. The largest absolute Gasteiger partial charge is 0.395 e. The molecule has 0 atom stereocenters. The Hall–Kier alpha value is -2.72. The number of hydrogen-bond donors (Lipinski definition) is 2. The highest BCUT2D eigenvalue weighted by Crippen LogP contribution is 2.11. The van der Waals surface area contributed by atoms with Crippen molar-refractivity contribution in [1.82, 2.24) is 14.8 Å². The van der Waals surface area contributed by atoms with Crippen molar-refractivity contribution in [3.63, 3.8) is 0 Å².